The first-order chi connectivity index (χ1) is 12.7. The third-order valence-electron chi connectivity index (χ3n) is 4.77. The van der Waals surface area contributed by atoms with Crippen molar-refractivity contribution in [3.05, 3.63) is 47.3 Å². The van der Waals surface area contributed by atoms with E-state index in [0.29, 0.717) is 17.3 Å². The van der Waals surface area contributed by atoms with E-state index in [-0.39, 0.29) is 19.0 Å². The van der Waals surface area contributed by atoms with Gasteiger partial charge in [0.25, 0.3) is 10.0 Å². The number of anilines is 1. The van der Waals surface area contributed by atoms with E-state index in [1.165, 1.54) is 15.6 Å². The summed E-state index contributed by atoms with van der Waals surface area (Å²) >= 11 is 1.21. The molecule has 0 saturated carbocycles. The van der Waals surface area contributed by atoms with Crippen molar-refractivity contribution >= 4 is 27.0 Å². The maximum Gasteiger partial charge on any atom is 0.252 e. The van der Waals surface area contributed by atoms with Gasteiger partial charge in [-0.1, -0.05) is 18.2 Å². The van der Waals surface area contributed by atoms with Gasteiger partial charge in [0.05, 0.1) is 24.1 Å². The summed E-state index contributed by atoms with van der Waals surface area (Å²) in [6.07, 6.45) is 0.240. The standard InChI is InChI=1S/C19H23N3O3S2/c1-19(2,23)15-5-7-16(8-6-15)22-12-11-21(14-17(22)9-10-20)27(24,25)18-4-3-13-26-18/h3-8,13,17,23H,9,11-12,14H2,1-2H3. The lowest BCUT2D eigenvalue weighted by Gasteiger charge is -2.41. The summed E-state index contributed by atoms with van der Waals surface area (Å²) in [6.45, 7) is 4.62. The van der Waals surface area contributed by atoms with Gasteiger partial charge < -0.3 is 10.0 Å². The lowest BCUT2D eigenvalue weighted by Crippen LogP contribution is -2.54. The molecule has 1 fully saturated rings. The minimum Gasteiger partial charge on any atom is -0.386 e. The fraction of sp³-hybridized carbons (Fsp3) is 0.421. The fourth-order valence-corrected chi connectivity index (χ4v) is 5.88. The Labute approximate surface area is 164 Å². The molecule has 1 aromatic carbocycles. The molecule has 0 amide bonds. The third-order valence-corrected chi connectivity index (χ3v) is 8.01. The summed E-state index contributed by atoms with van der Waals surface area (Å²) in [5.74, 6) is 0. The van der Waals surface area contributed by atoms with Crippen LogP contribution in [0.25, 0.3) is 0 Å². The summed E-state index contributed by atoms with van der Waals surface area (Å²) in [5, 5.41) is 21.1. The van der Waals surface area contributed by atoms with Gasteiger partial charge in [-0.15, -0.1) is 11.3 Å². The lowest BCUT2D eigenvalue weighted by atomic mass is 9.98. The minimum absolute atomic E-state index is 0.216. The van der Waals surface area contributed by atoms with Crippen LogP contribution in [0, 0.1) is 11.3 Å². The normalized spacial score (nSPS) is 19.0. The molecule has 1 aliphatic rings. The van der Waals surface area contributed by atoms with Gasteiger partial charge >= 0.3 is 0 Å². The lowest BCUT2D eigenvalue weighted by molar-refractivity contribution is 0.0786. The number of hydrogen-bond acceptors (Lipinski definition) is 6. The highest BCUT2D eigenvalue weighted by atomic mass is 32.2. The highest BCUT2D eigenvalue weighted by Gasteiger charge is 2.34. The Hall–Kier alpha value is -1.92. The van der Waals surface area contributed by atoms with E-state index < -0.39 is 15.6 Å². The zero-order valence-corrected chi connectivity index (χ0v) is 17.0. The monoisotopic (exact) mass is 405 g/mol. The summed E-state index contributed by atoms with van der Waals surface area (Å²) in [7, 11) is -3.52. The van der Waals surface area contributed by atoms with Crippen LogP contribution in [0.1, 0.15) is 25.8 Å². The Kier molecular flexibility index (Phi) is 5.58. The van der Waals surface area contributed by atoms with Gasteiger partial charge in [0.15, 0.2) is 0 Å². The van der Waals surface area contributed by atoms with E-state index in [2.05, 4.69) is 11.0 Å². The number of benzene rings is 1. The molecule has 27 heavy (non-hydrogen) atoms. The van der Waals surface area contributed by atoms with E-state index in [0.717, 1.165) is 11.3 Å². The second kappa shape index (κ2) is 7.60. The molecule has 0 radical (unpaired) electrons. The van der Waals surface area contributed by atoms with E-state index in [9.17, 15) is 18.8 Å². The van der Waals surface area contributed by atoms with Crippen molar-refractivity contribution in [2.45, 2.75) is 36.1 Å². The molecule has 0 aliphatic carbocycles. The number of nitriles is 1. The Bertz CT molecular complexity index is 911. The first-order valence-corrected chi connectivity index (χ1v) is 11.1. The van der Waals surface area contributed by atoms with Gasteiger partial charge in [0.1, 0.15) is 4.21 Å². The van der Waals surface area contributed by atoms with Crippen LogP contribution in [0.4, 0.5) is 5.69 Å². The second-order valence-corrected chi connectivity index (χ2v) is 10.2. The van der Waals surface area contributed by atoms with Crippen molar-refractivity contribution in [3.8, 4) is 6.07 Å². The average molecular weight is 406 g/mol. The molecule has 8 heteroatoms. The Morgan fingerprint density at radius 2 is 1.96 bits per heavy atom. The van der Waals surface area contributed by atoms with Crippen molar-refractivity contribution in [2.75, 3.05) is 24.5 Å². The van der Waals surface area contributed by atoms with Gasteiger partial charge in [-0.2, -0.15) is 9.57 Å². The van der Waals surface area contributed by atoms with Crippen molar-refractivity contribution < 1.29 is 13.5 Å². The summed E-state index contributed by atoms with van der Waals surface area (Å²) in [6, 6.07) is 12.9. The van der Waals surface area contributed by atoms with Gasteiger partial charge in [-0.05, 0) is 43.0 Å². The van der Waals surface area contributed by atoms with Crippen LogP contribution >= 0.6 is 11.3 Å². The molecular weight excluding hydrogens is 382 g/mol. The fourth-order valence-electron chi connectivity index (χ4n) is 3.26. The van der Waals surface area contributed by atoms with Gasteiger partial charge in [0.2, 0.25) is 0 Å². The van der Waals surface area contributed by atoms with E-state index in [1.807, 2.05) is 24.3 Å². The Balaban J connectivity index is 1.82. The van der Waals surface area contributed by atoms with Crippen molar-refractivity contribution in [3.63, 3.8) is 0 Å². The summed E-state index contributed by atoms with van der Waals surface area (Å²) in [5.41, 5.74) is 0.816. The molecule has 144 valence electrons. The summed E-state index contributed by atoms with van der Waals surface area (Å²) in [4.78, 5) is 2.08. The van der Waals surface area contributed by atoms with Crippen LogP contribution in [0.5, 0.6) is 0 Å². The molecule has 1 N–H and O–H groups in total. The zero-order chi connectivity index (χ0) is 19.7. The number of nitrogens with zero attached hydrogens (tertiary/aromatic N) is 3. The molecule has 1 aromatic heterocycles. The highest BCUT2D eigenvalue weighted by Crippen LogP contribution is 2.29. The molecule has 1 aliphatic heterocycles. The van der Waals surface area contributed by atoms with Gasteiger partial charge in [-0.3, -0.25) is 0 Å². The average Bonchev–Trinajstić information content (AvgIpc) is 3.17. The first kappa shape index (κ1) is 19.8. The highest BCUT2D eigenvalue weighted by molar-refractivity contribution is 7.91. The number of thiophene rings is 1. The molecule has 3 rings (SSSR count). The van der Waals surface area contributed by atoms with Crippen LogP contribution in [0.2, 0.25) is 0 Å². The quantitative estimate of drug-likeness (QED) is 0.827. The molecular formula is C19H23N3O3S2. The van der Waals surface area contributed by atoms with Crippen molar-refractivity contribution in [2.24, 2.45) is 0 Å². The molecule has 1 atom stereocenters. The molecule has 6 nitrogen and oxygen atoms in total. The van der Waals surface area contributed by atoms with Crippen molar-refractivity contribution in [1.29, 1.82) is 5.26 Å². The SMILES string of the molecule is CC(C)(O)c1ccc(N2CCN(S(=O)(=O)c3cccs3)CC2CC#N)cc1. The molecule has 1 unspecified atom stereocenters. The van der Waals surface area contributed by atoms with Crippen LogP contribution in [-0.2, 0) is 15.6 Å². The largest absolute Gasteiger partial charge is 0.386 e. The van der Waals surface area contributed by atoms with Crippen LogP contribution in [0.3, 0.4) is 0 Å². The van der Waals surface area contributed by atoms with Crippen LogP contribution < -0.4 is 4.90 Å². The maximum atomic E-state index is 12.8. The number of piperazine rings is 1. The van der Waals surface area contributed by atoms with E-state index >= 15 is 0 Å². The first-order valence-electron chi connectivity index (χ1n) is 8.73. The molecule has 1 saturated heterocycles. The van der Waals surface area contributed by atoms with E-state index in [1.54, 1.807) is 31.4 Å². The predicted molar refractivity (Wildman–Crippen MR) is 106 cm³/mol. The minimum atomic E-state index is -3.52. The number of sulfonamides is 1. The summed E-state index contributed by atoms with van der Waals surface area (Å²) < 4.78 is 27.4. The number of hydrogen-bond donors (Lipinski definition) is 1. The molecule has 0 bridgehead atoms. The Morgan fingerprint density at radius 3 is 2.52 bits per heavy atom. The molecule has 2 aromatic rings. The number of aliphatic hydroxyl groups is 1. The maximum absolute atomic E-state index is 12.8. The van der Waals surface area contributed by atoms with Gasteiger partial charge in [-0.25, -0.2) is 8.42 Å². The second-order valence-electron chi connectivity index (χ2n) is 7.11. The zero-order valence-electron chi connectivity index (χ0n) is 15.4. The third kappa shape index (κ3) is 4.17. The number of rotatable bonds is 5. The predicted octanol–water partition coefficient (Wildman–Crippen LogP) is 2.77. The van der Waals surface area contributed by atoms with Crippen molar-refractivity contribution in [1.82, 2.24) is 4.31 Å². The molecule has 0 spiro atoms. The molecule has 2 heterocycles. The van der Waals surface area contributed by atoms with Gasteiger partial charge in [0, 0.05) is 25.3 Å². The Morgan fingerprint density at radius 1 is 1.26 bits per heavy atom. The van der Waals surface area contributed by atoms with E-state index in [4.69, 9.17) is 0 Å². The topological polar surface area (TPSA) is 84.6 Å². The van der Waals surface area contributed by atoms with Crippen LogP contribution in [-0.4, -0.2) is 43.5 Å². The smallest absolute Gasteiger partial charge is 0.252 e. The van der Waals surface area contributed by atoms with Crippen LogP contribution in [0.15, 0.2) is 46.0 Å².